The van der Waals surface area contributed by atoms with Crippen LogP contribution in [0.25, 0.3) is 0 Å². The lowest BCUT2D eigenvalue weighted by molar-refractivity contribution is 0.408. The van der Waals surface area contributed by atoms with Gasteiger partial charge < -0.3 is 4.74 Å². The normalized spacial score (nSPS) is 12.2. The van der Waals surface area contributed by atoms with Gasteiger partial charge in [0.15, 0.2) is 0 Å². The number of alkyl halides is 1. The van der Waals surface area contributed by atoms with Crippen LogP contribution in [0.4, 0.5) is 0 Å². The lowest BCUT2D eigenvalue weighted by Gasteiger charge is -2.17. The molecular formula is C15H13Br2ClOS. The zero-order valence-electron chi connectivity index (χ0n) is 11.0. The van der Waals surface area contributed by atoms with Gasteiger partial charge in [0.05, 0.1) is 16.4 Å². The van der Waals surface area contributed by atoms with Crippen molar-refractivity contribution in [1.29, 1.82) is 0 Å². The van der Waals surface area contributed by atoms with Gasteiger partial charge in [-0.15, -0.1) is 11.8 Å². The predicted molar refractivity (Wildman–Crippen MR) is 94.7 cm³/mol. The predicted octanol–water partition coefficient (Wildman–Crippen LogP) is 6.32. The Labute approximate surface area is 145 Å². The van der Waals surface area contributed by atoms with Gasteiger partial charge in [-0.05, 0) is 52.0 Å². The Morgan fingerprint density at radius 3 is 2.40 bits per heavy atom. The average molecular weight is 437 g/mol. The van der Waals surface area contributed by atoms with E-state index >= 15 is 0 Å². The van der Waals surface area contributed by atoms with Crippen molar-refractivity contribution < 1.29 is 4.74 Å². The van der Waals surface area contributed by atoms with E-state index in [2.05, 4.69) is 62.4 Å². The molecule has 1 atom stereocenters. The van der Waals surface area contributed by atoms with Crippen LogP contribution in [0.1, 0.15) is 16.0 Å². The molecule has 0 spiro atoms. The summed E-state index contributed by atoms with van der Waals surface area (Å²) in [7, 11) is 1.66. The average Bonchev–Trinajstić information content (AvgIpc) is 2.46. The van der Waals surface area contributed by atoms with Crippen molar-refractivity contribution in [2.45, 2.75) is 9.72 Å². The molecule has 5 heteroatoms. The summed E-state index contributed by atoms with van der Waals surface area (Å²) >= 11 is 15.1. The van der Waals surface area contributed by atoms with Gasteiger partial charge in [0.25, 0.3) is 0 Å². The Morgan fingerprint density at radius 1 is 1.20 bits per heavy atom. The summed E-state index contributed by atoms with van der Waals surface area (Å²) < 4.78 is 6.33. The molecule has 0 aliphatic heterocycles. The zero-order valence-corrected chi connectivity index (χ0v) is 15.7. The lowest BCUT2D eigenvalue weighted by atomic mass is 10.0. The van der Waals surface area contributed by atoms with E-state index in [-0.39, 0.29) is 4.83 Å². The van der Waals surface area contributed by atoms with E-state index in [1.807, 2.05) is 12.1 Å². The first kappa shape index (κ1) is 16.2. The Morgan fingerprint density at radius 2 is 1.85 bits per heavy atom. The van der Waals surface area contributed by atoms with Crippen molar-refractivity contribution in [2.24, 2.45) is 0 Å². The molecule has 2 aromatic carbocycles. The van der Waals surface area contributed by atoms with Crippen LogP contribution in [0, 0.1) is 0 Å². The van der Waals surface area contributed by atoms with Crippen molar-refractivity contribution in [3.05, 3.63) is 57.0 Å². The van der Waals surface area contributed by atoms with Gasteiger partial charge in [0, 0.05) is 15.5 Å². The minimum absolute atomic E-state index is 0.0309. The summed E-state index contributed by atoms with van der Waals surface area (Å²) in [4.78, 5) is 1.27. The number of hydrogen-bond acceptors (Lipinski definition) is 2. The van der Waals surface area contributed by atoms with Crippen molar-refractivity contribution in [3.8, 4) is 5.75 Å². The minimum Gasteiger partial charge on any atom is -0.495 e. The first-order valence-electron chi connectivity index (χ1n) is 5.87. The summed E-state index contributed by atoms with van der Waals surface area (Å²) in [5, 5.41) is 0.679. The van der Waals surface area contributed by atoms with Crippen LogP contribution in [0.2, 0.25) is 5.02 Å². The molecule has 0 aliphatic carbocycles. The molecule has 0 fully saturated rings. The fraction of sp³-hybridized carbons (Fsp3) is 0.200. The van der Waals surface area contributed by atoms with E-state index < -0.39 is 0 Å². The largest absolute Gasteiger partial charge is 0.495 e. The van der Waals surface area contributed by atoms with Crippen molar-refractivity contribution in [3.63, 3.8) is 0 Å². The molecule has 2 aromatic rings. The summed E-state index contributed by atoms with van der Waals surface area (Å²) in [5.74, 6) is 0.796. The third-order valence-electron chi connectivity index (χ3n) is 2.92. The number of thioether (sulfide) groups is 1. The number of hydrogen-bond donors (Lipinski definition) is 0. The molecule has 0 saturated heterocycles. The van der Waals surface area contributed by atoms with Gasteiger partial charge in [-0.3, -0.25) is 0 Å². The van der Waals surface area contributed by atoms with Gasteiger partial charge in [-0.2, -0.15) is 0 Å². The van der Waals surface area contributed by atoms with Crippen molar-refractivity contribution >= 4 is 55.2 Å². The second kappa shape index (κ2) is 7.21. The maximum atomic E-state index is 6.15. The topological polar surface area (TPSA) is 9.23 Å². The fourth-order valence-corrected chi connectivity index (χ4v) is 3.99. The van der Waals surface area contributed by atoms with E-state index in [0.29, 0.717) is 5.02 Å². The first-order chi connectivity index (χ1) is 9.56. The Balaban J connectivity index is 2.43. The molecule has 0 aliphatic rings. The van der Waals surface area contributed by atoms with E-state index in [1.165, 1.54) is 4.90 Å². The molecule has 0 bridgehead atoms. The lowest BCUT2D eigenvalue weighted by Crippen LogP contribution is -1.98. The summed E-state index contributed by atoms with van der Waals surface area (Å²) in [6, 6.07) is 12.2. The third-order valence-corrected chi connectivity index (χ3v) is 5.50. The summed E-state index contributed by atoms with van der Waals surface area (Å²) in [6.45, 7) is 0. The number of halogens is 3. The maximum Gasteiger partial charge on any atom is 0.137 e. The molecule has 20 heavy (non-hydrogen) atoms. The molecule has 0 aromatic heterocycles. The monoisotopic (exact) mass is 434 g/mol. The Hall–Kier alpha value is -0.160. The third kappa shape index (κ3) is 3.53. The highest BCUT2D eigenvalue weighted by atomic mass is 79.9. The molecule has 2 rings (SSSR count). The number of benzene rings is 2. The van der Waals surface area contributed by atoms with Crippen LogP contribution in [-0.4, -0.2) is 13.4 Å². The van der Waals surface area contributed by atoms with Gasteiger partial charge in [0.2, 0.25) is 0 Å². The van der Waals surface area contributed by atoms with Crippen LogP contribution in [-0.2, 0) is 0 Å². The van der Waals surface area contributed by atoms with E-state index in [1.54, 1.807) is 18.9 Å². The second-order valence-corrected chi connectivity index (χ2v) is 7.23. The van der Waals surface area contributed by atoms with Crippen LogP contribution >= 0.6 is 55.2 Å². The molecule has 0 heterocycles. The standard InChI is InChI=1S/C15H13Br2ClOS/c1-19-15-12(7-10(18)8-13(15)16)14(17)9-3-5-11(20-2)6-4-9/h3-8,14H,1-2H3. The van der Waals surface area contributed by atoms with E-state index in [4.69, 9.17) is 16.3 Å². The SMILES string of the molecule is COc1c(Br)cc(Cl)cc1C(Br)c1ccc(SC)cc1. The van der Waals surface area contributed by atoms with Crippen LogP contribution in [0.5, 0.6) is 5.75 Å². The molecule has 1 unspecified atom stereocenters. The minimum atomic E-state index is 0.0309. The van der Waals surface area contributed by atoms with Crippen LogP contribution < -0.4 is 4.74 Å². The molecule has 106 valence electrons. The highest BCUT2D eigenvalue weighted by Gasteiger charge is 2.18. The quantitative estimate of drug-likeness (QED) is 0.410. The maximum absolute atomic E-state index is 6.15. The number of methoxy groups -OCH3 is 1. The molecule has 1 nitrogen and oxygen atoms in total. The van der Waals surface area contributed by atoms with E-state index in [0.717, 1.165) is 21.3 Å². The summed E-state index contributed by atoms with van der Waals surface area (Å²) in [5.41, 5.74) is 2.17. The van der Waals surface area contributed by atoms with Gasteiger partial charge in [-0.25, -0.2) is 0 Å². The highest BCUT2D eigenvalue weighted by Crippen LogP contribution is 2.42. The smallest absolute Gasteiger partial charge is 0.137 e. The fourth-order valence-electron chi connectivity index (χ4n) is 1.94. The Kier molecular flexibility index (Phi) is 5.84. The molecule has 0 amide bonds. The highest BCUT2D eigenvalue weighted by molar-refractivity contribution is 9.10. The molecule has 0 saturated carbocycles. The van der Waals surface area contributed by atoms with E-state index in [9.17, 15) is 0 Å². The second-order valence-electron chi connectivity index (χ2n) is 4.15. The van der Waals surface area contributed by atoms with Gasteiger partial charge in [-0.1, -0.05) is 39.7 Å². The molecular weight excluding hydrogens is 423 g/mol. The van der Waals surface area contributed by atoms with Crippen LogP contribution in [0.3, 0.4) is 0 Å². The summed E-state index contributed by atoms with van der Waals surface area (Å²) in [6.07, 6.45) is 2.07. The van der Waals surface area contributed by atoms with Gasteiger partial charge in [0.1, 0.15) is 5.75 Å². The van der Waals surface area contributed by atoms with Crippen molar-refractivity contribution in [1.82, 2.24) is 0 Å². The van der Waals surface area contributed by atoms with Gasteiger partial charge >= 0.3 is 0 Å². The number of rotatable bonds is 4. The van der Waals surface area contributed by atoms with Crippen molar-refractivity contribution in [2.75, 3.05) is 13.4 Å². The number of ether oxygens (including phenoxy) is 1. The molecule has 0 radical (unpaired) electrons. The molecule has 0 N–H and O–H groups in total. The van der Waals surface area contributed by atoms with Crippen LogP contribution in [0.15, 0.2) is 45.8 Å². The first-order valence-corrected chi connectivity index (χ1v) is 9.19. The Bertz CT molecular complexity index is 602. The zero-order chi connectivity index (χ0) is 14.7.